The molecule has 3 aromatic rings. The third-order valence-electron chi connectivity index (χ3n) is 5.69. The first-order chi connectivity index (χ1) is 15.0. The minimum Gasteiger partial charge on any atom is -0.339 e. The van der Waals surface area contributed by atoms with Gasteiger partial charge in [0, 0.05) is 18.0 Å². The molecule has 0 radical (unpaired) electrons. The van der Waals surface area contributed by atoms with Crippen LogP contribution >= 0.6 is 11.3 Å². The topological polar surface area (TPSA) is 80.1 Å². The maximum Gasteiger partial charge on any atom is 0.274 e. The third kappa shape index (κ3) is 4.39. The zero-order valence-corrected chi connectivity index (χ0v) is 18.9. The summed E-state index contributed by atoms with van der Waals surface area (Å²) >= 11 is 1.74. The van der Waals surface area contributed by atoms with Gasteiger partial charge in [-0.05, 0) is 55.8 Å². The van der Waals surface area contributed by atoms with Gasteiger partial charge in [0.15, 0.2) is 5.69 Å². The van der Waals surface area contributed by atoms with Gasteiger partial charge in [-0.15, -0.1) is 16.4 Å². The molecule has 1 aromatic carbocycles. The number of fused-ring (bicyclic) bond motifs is 1. The number of amides is 2. The summed E-state index contributed by atoms with van der Waals surface area (Å²) < 4.78 is 1.65. The SMILES string of the molecule is CCCC(NC(=O)c1nnn(-c2ccc(C)cc2)c1C)C(=O)N1CCc2sccc2C1. The van der Waals surface area contributed by atoms with Crippen LogP contribution in [0.1, 0.15) is 52.0 Å². The fourth-order valence-electron chi connectivity index (χ4n) is 3.90. The van der Waals surface area contributed by atoms with Crippen LogP contribution in [0.5, 0.6) is 0 Å². The third-order valence-corrected chi connectivity index (χ3v) is 6.71. The smallest absolute Gasteiger partial charge is 0.274 e. The Balaban J connectivity index is 1.49. The summed E-state index contributed by atoms with van der Waals surface area (Å²) in [5, 5.41) is 13.2. The van der Waals surface area contributed by atoms with E-state index in [1.807, 2.05) is 49.9 Å². The Kier molecular flexibility index (Phi) is 6.18. The van der Waals surface area contributed by atoms with E-state index in [9.17, 15) is 9.59 Å². The number of aromatic nitrogens is 3. The lowest BCUT2D eigenvalue weighted by atomic mass is 10.1. The number of thiophene rings is 1. The lowest BCUT2D eigenvalue weighted by molar-refractivity contribution is -0.134. The van der Waals surface area contributed by atoms with E-state index < -0.39 is 6.04 Å². The first-order valence-electron chi connectivity index (χ1n) is 10.6. The molecule has 1 unspecified atom stereocenters. The van der Waals surface area contributed by atoms with Crippen LogP contribution in [0.2, 0.25) is 0 Å². The summed E-state index contributed by atoms with van der Waals surface area (Å²) in [7, 11) is 0. The number of benzene rings is 1. The fraction of sp³-hybridized carbons (Fsp3) is 0.391. The van der Waals surface area contributed by atoms with Crippen molar-refractivity contribution in [2.24, 2.45) is 0 Å². The minimum absolute atomic E-state index is 0.0318. The molecule has 0 saturated carbocycles. The van der Waals surface area contributed by atoms with Crippen molar-refractivity contribution in [1.82, 2.24) is 25.2 Å². The molecule has 3 heterocycles. The van der Waals surface area contributed by atoms with E-state index in [-0.39, 0.29) is 17.5 Å². The number of carbonyl (C=O) groups excluding carboxylic acids is 2. The molecule has 1 N–H and O–H groups in total. The fourth-order valence-corrected chi connectivity index (χ4v) is 4.79. The number of nitrogens with zero attached hydrogens (tertiary/aromatic N) is 4. The van der Waals surface area contributed by atoms with Crippen LogP contribution < -0.4 is 5.32 Å². The summed E-state index contributed by atoms with van der Waals surface area (Å²) in [5.74, 6) is -0.397. The number of hydrogen-bond donors (Lipinski definition) is 1. The van der Waals surface area contributed by atoms with E-state index in [0.29, 0.717) is 25.2 Å². The van der Waals surface area contributed by atoms with Crippen molar-refractivity contribution in [1.29, 1.82) is 0 Å². The van der Waals surface area contributed by atoms with Crippen LogP contribution in [0.15, 0.2) is 35.7 Å². The molecule has 7 nitrogen and oxygen atoms in total. The van der Waals surface area contributed by atoms with Gasteiger partial charge in [0.2, 0.25) is 5.91 Å². The number of hydrogen-bond acceptors (Lipinski definition) is 5. The van der Waals surface area contributed by atoms with E-state index in [1.165, 1.54) is 10.4 Å². The highest BCUT2D eigenvalue weighted by molar-refractivity contribution is 7.10. The van der Waals surface area contributed by atoms with Crippen molar-refractivity contribution >= 4 is 23.2 Å². The van der Waals surface area contributed by atoms with Crippen LogP contribution in [0.25, 0.3) is 5.69 Å². The Labute approximate surface area is 186 Å². The highest BCUT2D eigenvalue weighted by Crippen LogP contribution is 2.24. The molecule has 0 saturated heterocycles. The largest absolute Gasteiger partial charge is 0.339 e. The molecular formula is C23H27N5O2S. The predicted octanol–water partition coefficient (Wildman–Crippen LogP) is 3.43. The van der Waals surface area contributed by atoms with Crippen molar-refractivity contribution in [3.05, 3.63) is 63.1 Å². The van der Waals surface area contributed by atoms with Crippen molar-refractivity contribution in [2.75, 3.05) is 6.54 Å². The molecule has 2 amide bonds. The molecule has 0 spiro atoms. The zero-order chi connectivity index (χ0) is 22.0. The average Bonchev–Trinajstić information content (AvgIpc) is 3.39. The van der Waals surface area contributed by atoms with E-state index in [2.05, 4.69) is 27.1 Å². The molecule has 162 valence electrons. The molecule has 1 aliphatic rings. The summed E-state index contributed by atoms with van der Waals surface area (Å²) in [5.41, 5.74) is 4.09. The number of aryl methyl sites for hydroxylation is 1. The van der Waals surface area contributed by atoms with Gasteiger partial charge in [0.05, 0.1) is 11.4 Å². The van der Waals surface area contributed by atoms with Crippen LogP contribution in [0.4, 0.5) is 0 Å². The van der Waals surface area contributed by atoms with Gasteiger partial charge in [0.1, 0.15) is 6.04 Å². The van der Waals surface area contributed by atoms with Gasteiger partial charge in [-0.3, -0.25) is 9.59 Å². The lowest BCUT2D eigenvalue weighted by Crippen LogP contribution is -2.49. The molecule has 0 fully saturated rings. The Morgan fingerprint density at radius 2 is 1.97 bits per heavy atom. The van der Waals surface area contributed by atoms with Gasteiger partial charge in [-0.25, -0.2) is 4.68 Å². The second-order valence-corrected chi connectivity index (χ2v) is 8.97. The van der Waals surface area contributed by atoms with E-state index in [4.69, 9.17) is 0 Å². The predicted molar refractivity (Wildman–Crippen MR) is 120 cm³/mol. The molecule has 0 aliphatic carbocycles. The average molecular weight is 438 g/mol. The first kappa shape index (κ1) is 21.2. The Morgan fingerprint density at radius 1 is 1.19 bits per heavy atom. The monoisotopic (exact) mass is 437 g/mol. The maximum absolute atomic E-state index is 13.2. The lowest BCUT2D eigenvalue weighted by Gasteiger charge is -2.30. The highest BCUT2D eigenvalue weighted by Gasteiger charge is 2.30. The molecule has 2 aromatic heterocycles. The van der Waals surface area contributed by atoms with Gasteiger partial charge in [0.25, 0.3) is 5.91 Å². The second kappa shape index (κ2) is 9.01. The second-order valence-electron chi connectivity index (χ2n) is 7.96. The van der Waals surface area contributed by atoms with Crippen molar-refractivity contribution in [3.63, 3.8) is 0 Å². The van der Waals surface area contributed by atoms with Crippen LogP contribution in [0.3, 0.4) is 0 Å². The molecule has 0 bridgehead atoms. The van der Waals surface area contributed by atoms with E-state index >= 15 is 0 Å². The Morgan fingerprint density at radius 3 is 2.71 bits per heavy atom. The van der Waals surface area contributed by atoms with Crippen molar-refractivity contribution in [3.8, 4) is 5.69 Å². The quantitative estimate of drug-likeness (QED) is 0.641. The molecule has 8 heteroatoms. The highest BCUT2D eigenvalue weighted by atomic mass is 32.1. The molecule has 1 atom stereocenters. The van der Waals surface area contributed by atoms with E-state index in [0.717, 1.165) is 24.1 Å². The van der Waals surface area contributed by atoms with Crippen molar-refractivity contribution in [2.45, 2.75) is 52.6 Å². The summed E-state index contributed by atoms with van der Waals surface area (Å²) in [4.78, 5) is 29.4. The molecule has 4 rings (SSSR count). The number of carbonyl (C=O) groups is 2. The van der Waals surface area contributed by atoms with Gasteiger partial charge in [-0.1, -0.05) is 36.3 Å². The normalized spacial score (nSPS) is 14.2. The summed E-state index contributed by atoms with van der Waals surface area (Å²) in [6.07, 6.45) is 2.25. The zero-order valence-electron chi connectivity index (χ0n) is 18.1. The molecule has 31 heavy (non-hydrogen) atoms. The first-order valence-corrected chi connectivity index (χ1v) is 11.5. The Bertz CT molecular complexity index is 1090. The maximum atomic E-state index is 13.2. The number of nitrogens with one attached hydrogen (secondary N) is 1. The van der Waals surface area contributed by atoms with Crippen LogP contribution in [-0.4, -0.2) is 44.3 Å². The van der Waals surface area contributed by atoms with Gasteiger partial charge >= 0.3 is 0 Å². The summed E-state index contributed by atoms with van der Waals surface area (Å²) in [6, 6.07) is 9.38. The molecular weight excluding hydrogens is 410 g/mol. The minimum atomic E-state index is -0.568. The summed E-state index contributed by atoms with van der Waals surface area (Å²) in [6.45, 7) is 7.14. The van der Waals surface area contributed by atoms with Crippen LogP contribution in [-0.2, 0) is 17.8 Å². The van der Waals surface area contributed by atoms with Crippen LogP contribution in [0, 0.1) is 13.8 Å². The van der Waals surface area contributed by atoms with Gasteiger partial charge in [-0.2, -0.15) is 0 Å². The standard InChI is InChI=1S/C23H27N5O2S/c1-4-5-19(23(30)27-12-10-20-17(14-27)11-13-31-20)24-22(29)21-16(3)28(26-25-21)18-8-6-15(2)7-9-18/h6-9,11,13,19H,4-5,10,12,14H2,1-3H3,(H,24,29). The van der Waals surface area contributed by atoms with E-state index in [1.54, 1.807) is 16.0 Å². The molecule has 1 aliphatic heterocycles. The van der Waals surface area contributed by atoms with Gasteiger partial charge < -0.3 is 10.2 Å². The Hall–Kier alpha value is -3.00. The van der Waals surface area contributed by atoms with Crippen molar-refractivity contribution < 1.29 is 9.59 Å². The number of rotatable bonds is 6.